The molecule has 3 rings (SSSR count). The molecule has 1 fully saturated rings. The number of hydrogen-bond acceptors (Lipinski definition) is 4. The molecule has 0 atom stereocenters. The SMILES string of the molecule is Cc1cc(Nc2ccc(N)c(OCC3CC3)n2)ccc1Br. The van der Waals surface area contributed by atoms with E-state index in [1.165, 1.54) is 18.4 Å². The van der Waals surface area contributed by atoms with E-state index >= 15 is 0 Å². The first-order chi connectivity index (χ1) is 10.1. The van der Waals surface area contributed by atoms with Gasteiger partial charge >= 0.3 is 0 Å². The Morgan fingerprint density at radius 1 is 1.33 bits per heavy atom. The molecular weight excluding hydrogens is 330 g/mol. The van der Waals surface area contributed by atoms with Crippen molar-refractivity contribution < 1.29 is 4.74 Å². The van der Waals surface area contributed by atoms with Gasteiger partial charge in [0.25, 0.3) is 0 Å². The lowest BCUT2D eigenvalue weighted by atomic mass is 10.2. The van der Waals surface area contributed by atoms with Crippen molar-refractivity contribution >= 4 is 33.1 Å². The Morgan fingerprint density at radius 2 is 2.14 bits per heavy atom. The average molecular weight is 348 g/mol. The third-order valence-corrected chi connectivity index (χ3v) is 4.36. The maximum atomic E-state index is 5.91. The minimum Gasteiger partial charge on any atom is -0.476 e. The van der Waals surface area contributed by atoms with Gasteiger partial charge in [-0.05, 0) is 61.6 Å². The van der Waals surface area contributed by atoms with Crippen LogP contribution in [0, 0.1) is 12.8 Å². The van der Waals surface area contributed by atoms with Crippen molar-refractivity contribution in [1.82, 2.24) is 4.98 Å². The molecule has 4 nitrogen and oxygen atoms in total. The highest BCUT2D eigenvalue weighted by atomic mass is 79.9. The molecule has 1 aromatic heterocycles. The van der Waals surface area contributed by atoms with E-state index in [-0.39, 0.29) is 0 Å². The lowest BCUT2D eigenvalue weighted by Crippen LogP contribution is -2.05. The molecule has 0 unspecified atom stereocenters. The number of benzene rings is 1. The van der Waals surface area contributed by atoms with Crippen LogP contribution in [0.3, 0.4) is 0 Å². The van der Waals surface area contributed by atoms with Gasteiger partial charge in [0.05, 0.1) is 12.3 Å². The van der Waals surface area contributed by atoms with Crippen molar-refractivity contribution in [3.8, 4) is 5.88 Å². The molecule has 5 heteroatoms. The summed E-state index contributed by atoms with van der Waals surface area (Å²) < 4.78 is 6.79. The van der Waals surface area contributed by atoms with Crippen LogP contribution >= 0.6 is 15.9 Å². The second-order valence-corrected chi connectivity index (χ2v) is 6.29. The quantitative estimate of drug-likeness (QED) is 0.847. The predicted molar refractivity (Wildman–Crippen MR) is 89.0 cm³/mol. The Kier molecular flexibility index (Phi) is 4.01. The lowest BCUT2D eigenvalue weighted by Gasteiger charge is -2.11. The van der Waals surface area contributed by atoms with Crippen LogP contribution in [-0.2, 0) is 0 Å². The van der Waals surface area contributed by atoms with Gasteiger partial charge in [0.15, 0.2) is 0 Å². The lowest BCUT2D eigenvalue weighted by molar-refractivity contribution is 0.290. The van der Waals surface area contributed by atoms with Gasteiger partial charge in [-0.15, -0.1) is 0 Å². The Bertz CT molecular complexity index is 656. The second-order valence-electron chi connectivity index (χ2n) is 5.43. The number of pyridine rings is 1. The van der Waals surface area contributed by atoms with Crippen LogP contribution in [-0.4, -0.2) is 11.6 Å². The summed E-state index contributed by atoms with van der Waals surface area (Å²) in [7, 11) is 0. The van der Waals surface area contributed by atoms with Gasteiger partial charge in [-0.2, -0.15) is 4.98 Å². The van der Waals surface area contributed by atoms with Crippen molar-refractivity contribution in [3.63, 3.8) is 0 Å². The summed E-state index contributed by atoms with van der Waals surface area (Å²) >= 11 is 3.50. The van der Waals surface area contributed by atoms with Gasteiger partial charge in [0.1, 0.15) is 5.82 Å². The molecule has 0 radical (unpaired) electrons. The molecule has 1 aliphatic rings. The zero-order valence-electron chi connectivity index (χ0n) is 11.9. The Labute approximate surface area is 132 Å². The van der Waals surface area contributed by atoms with Gasteiger partial charge in [-0.1, -0.05) is 15.9 Å². The molecule has 2 aromatic rings. The van der Waals surface area contributed by atoms with Crippen LogP contribution in [0.1, 0.15) is 18.4 Å². The predicted octanol–water partition coefficient (Wildman–Crippen LogP) is 4.27. The van der Waals surface area contributed by atoms with Crippen LogP contribution < -0.4 is 15.8 Å². The summed E-state index contributed by atoms with van der Waals surface area (Å²) in [5.74, 6) is 1.93. The Balaban J connectivity index is 1.74. The Morgan fingerprint density at radius 3 is 2.86 bits per heavy atom. The molecule has 0 amide bonds. The van der Waals surface area contributed by atoms with Gasteiger partial charge in [-0.25, -0.2) is 0 Å². The topological polar surface area (TPSA) is 60.2 Å². The molecule has 21 heavy (non-hydrogen) atoms. The van der Waals surface area contributed by atoms with E-state index in [0.29, 0.717) is 24.1 Å². The van der Waals surface area contributed by atoms with E-state index in [9.17, 15) is 0 Å². The van der Waals surface area contributed by atoms with E-state index in [2.05, 4.69) is 39.2 Å². The number of ether oxygens (including phenoxy) is 1. The van der Waals surface area contributed by atoms with Gasteiger partial charge in [0, 0.05) is 10.2 Å². The highest BCUT2D eigenvalue weighted by Crippen LogP contribution is 2.31. The summed E-state index contributed by atoms with van der Waals surface area (Å²) in [5.41, 5.74) is 8.64. The van der Waals surface area contributed by atoms with Crippen molar-refractivity contribution in [2.24, 2.45) is 5.92 Å². The fourth-order valence-electron chi connectivity index (χ4n) is 1.99. The number of aromatic nitrogens is 1. The molecule has 1 aromatic carbocycles. The molecular formula is C16H18BrN3O. The van der Waals surface area contributed by atoms with Crippen LogP contribution in [0.15, 0.2) is 34.8 Å². The summed E-state index contributed by atoms with van der Waals surface area (Å²) in [6.45, 7) is 2.76. The molecule has 0 bridgehead atoms. The highest BCUT2D eigenvalue weighted by molar-refractivity contribution is 9.10. The number of anilines is 3. The highest BCUT2D eigenvalue weighted by Gasteiger charge is 2.22. The molecule has 110 valence electrons. The molecule has 0 spiro atoms. The van der Waals surface area contributed by atoms with Gasteiger partial charge in [0.2, 0.25) is 5.88 Å². The van der Waals surface area contributed by atoms with Crippen molar-refractivity contribution in [1.29, 1.82) is 0 Å². The fourth-order valence-corrected chi connectivity index (χ4v) is 2.23. The molecule has 1 aliphatic carbocycles. The molecule has 1 heterocycles. The van der Waals surface area contributed by atoms with E-state index in [1.54, 1.807) is 0 Å². The zero-order valence-corrected chi connectivity index (χ0v) is 13.5. The first kappa shape index (κ1) is 14.2. The molecule has 0 aliphatic heterocycles. The van der Waals surface area contributed by atoms with E-state index in [4.69, 9.17) is 10.5 Å². The number of nitrogens with two attached hydrogens (primary N) is 1. The molecule has 0 saturated heterocycles. The maximum Gasteiger partial charge on any atom is 0.239 e. The third kappa shape index (κ3) is 3.67. The summed E-state index contributed by atoms with van der Waals surface area (Å²) in [6.07, 6.45) is 2.49. The first-order valence-electron chi connectivity index (χ1n) is 7.04. The van der Waals surface area contributed by atoms with Crippen LogP contribution in [0.2, 0.25) is 0 Å². The minimum absolute atomic E-state index is 0.515. The fraction of sp³-hybridized carbons (Fsp3) is 0.312. The molecule has 3 N–H and O–H groups in total. The van der Waals surface area contributed by atoms with Gasteiger partial charge in [-0.3, -0.25) is 0 Å². The summed E-state index contributed by atoms with van der Waals surface area (Å²) in [4.78, 5) is 4.45. The Hall–Kier alpha value is -1.75. The van der Waals surface area contributed by atoms with Crippen LogP contribution in [0.4, 0.5) is 17.2 Å². The monoisotopic (exact) mass is 347 g/mol. The number of nitrogens with zero attached hydrogens (tertiary/aromatic N) is 1. The van der Waals surface area contributed by atoms with Crippen molar-refractivity contribution in [2.75, 3.05) is 17.7 Å². The third-order valence-electron chi connectivity index (χ3n) is 3.47. The number of halogens is 1. The van der Waals surface area contributed by atoms with Crippen LogP contribution in [0.25, 0.3) is 0 Å². The number of nitrogens with one attached hydrogen (secondary N) is 1. The van der Waals surface area contributed by atoms with Crippen molar-refractivity contribution in [3.05, 3.63) is 40.4 Å². The van der Waals surface area contributed by atoms with E-state index < -0.39 is 0 Å². The number of nitrogen functional groups attached to an aromatic ring is 1. The maximum absolute atomic E-state index is 5.91. The smallest absolute Gasteiger partial charge is 0.239 e. The zero-order chi connectivity index (χ0) is 14.8. The van der Waals surface area contributed by atoms with Crippen LogP contribution in [0.5, 0.6) is 5.88 Å². The second kappa shape index (κ2) is 5.93. The normalized spacial score (nSPS) is 14.0. The van der Waals surface area contributed by atoms with E-state index in [0.717, 1.165) is 16.0 Å². The number of hydrogen-bond donors (Lipinski definition) is 2. The summed E-state index contributed by atoms with van der Waals surface area (Å²) in [5, 5.41) is 3.28. The standard InChI is InChI=1S/C16H18BrN3O/c1-10-8-12(4-5-13(10)17)19-15-7-6-14(18)16(20-15)21-9-11-2-3-11/h4-8,11H,2-3,9,18H2,1H3,(H,19,20). The minimum atomic E-state index is 0.515. The van der Waals surface area contributed by atoms with Crippen molar-refractivity contribution in [2.45, 2.75) is 19.8 Å². The summed E-state index contributed by atoms with van der Waals surface area (Å²) in [6, 6.07) is 9.76. The number of aryl methyl sites for hydroxylation is 1. The molecule has 1 saturated carbocycles. The van der Waals surface area contributed by atoms with E-state index in [1.807, 2.05) is 24.3 Å². The average Bonchev–Trinajstić information content (AvgIpc) is 3.28. The number of rotatable bonds is 5. The first-order valence-corrected chi connectivity index (χ1v) is 7.83. The largest absolute Gasteiger partial charge is 0.476 e. The van der Waals surface area contributed by atoms with Gasteiger partial charge < -0.3 is 15.8 Å².